The third kappa shape index (κ3) is 2.70. The molecule has 84 valence electrons. The number of aliphatic hydroxyl groups excluding tert-OH is 1. The van der Waals surface area contributed by atoms with E-state index in [9.17, 15) is 5.11 Å². The summed E-state index contributed by atoms with van der Waals surface area (Å²) in [6.07, 6.45) is 1.85. The summed E-state index contributed by atoms with van der Waals surface area (Å²) in [6.45, 7) is 2.03. The van der Waals surface area contributed by atoms with Gasteiger partial charge in [-0.3, -0.25) is 0 Å². The summed E-state index contributed by atoms with van der Waals surface area (Å²) >= 11 is 5.04. The Morgan fingerprint density at radius 2 is 2.31 bits per heavy atom. The Kier molecular flexibility index (Phi) is 3.74. The van der Waals surface area contributed by atoms with Gasteiger partial charge in [0.05, 0.1) is 11.1 Å². The summed E-state index contributed by atoms with van der Waals surface area (Å²) in [5, 5.41) is 12.9. The molecule has 1 heterocycles. The van der Waals surface area contributed by atoms with Crippen LogP contribution < -0.4 is 0 Å². The Bertz CT molecular complexity index is 470. The van der Waals surface area contributed by atoms with Crippen molar-refractivity contribution in [2.24, 2.45) is 0 Å². The van der Waals surface area contributed by atoms with Crippen LogP contribution in [0.25, 0.3) is 0 Å². The highest BCUT2D eigenvalue weighted by Gasteiger charge is 2.11. The second-order valence-corrected chi connectivity index (χ2v) is 5.49. The molecule has 0 saturated heterocycles. The van der Waals surface area contributed by atoms with Gasteiger partial charge in [0.25, 0.3) is 0 Å². The Hall–Kier alpha value is -0.710. The summed E-state index contributed by atoms with van der Waals surface area (Å²) in [4.78, 5) is 4.17. The maximum absolute atomic E-state index is 10.1. The third-order valence-corrected chi connectivity index (χ3v) is 4.09. The highest BCUT2D eigenvalue weighted by atomic mass is 79.9. The van der Waals surface area contributed by atoms with E-state index in [1.165, 1.54) is 5.56 Å². The van der Waals surface area contributed by atoms with Crippen molar-refractivity contribution in [3.05, 3.63) is 50.4 Å². The molecule has 1 unspecified atom stereocenters. The Morgan fingerprint density at radius 3 is 2.94 bits per heavy atom. The van der Waals surface area contributed by atoms with E-state index < -0.39 is 6.10 Å². The van der Waals surface area contributed by atoms with Crippen LogP contribution in [-0.2, 0) is 6.42 Å². The molecule has 2 aromatic rings. The van der Waals surface area contributed by atoms with Crippen molar-refractivity contribution in [1.82, 2.24) is 4.98 Å². The molecule has 0 aliphatic heterocycles. The molecule has 1 atom stereocenters. The van der Waals surface area contributed by atoms with Crippen LogP contribution in [-0.4, -0.2) is 10.1 Å². The number of aryl methyl sites for hydroxylation is 1. The molecule has 0 spiro atoms. The van der Waals surface area contributed by atoms with Gasteiger partial charge in [-0.1, -0.05) is 28.1 Å². The first-order chi connectivity index (χ1) is 7.66. The summed E-state index contributed by atoms with van der Waals surface area (Å²) in [5.74, 6) is 0. The molecule has 0 saturated carbocycles. The van der Waals surface area contributed by atoms with E-state index in [2.05, 4.69) is 20.9 Å². The first-order valence-corrected chi connectivity index (χ1v) is 6.66. The summed E-state index contributed by atoms with van der Waals surface area (Å²) in [7, 11) is 0. The van der Waals surface area contributed by atoms with Crippen LogP contribution in [0, 0.1) is 6.92 Å². The van der Waals surface area contributed by atoms with E-state index in [1.54, 1.807) is 17.5 Å². The standard InChI is InChI=1S/C12H12BrNOS/c1-8-2-3-9(6-10(8)13)11(15)7-12-14-4-5-16-12/h2-6,11,15H,7H2,1H3. The molecule has 1 aromatic heterocycles. The van der Waals surface area contributed by atoms with Crippen molar-refractivity contribution in [3.63, 3.8) is 0 Å². The van der Waals surface area contributed by atoms with Crippen LogP contribution in [0.2, 0.25) is 0 Å². The highest BCUT2D eigenvalue weighted by Crippen LogP contribution is 2.24. The van der Waals surface area contributed by atoms with Crippen molar-refractivity contribution < 1.29 is 5.11 Å². The van der Waals surface area contributed by atoms with Gasteiger partial charge >= 0.3 is 0 Å². The average molecular weight is 298 g/mol. The molecule has 2 rings (SSSR count). The molecular formula is C12H12BrNOS. The van der Waals surface area contributed by atoms with Gasteiger partial charge in [-0.2, -0.15) is 0 Å². The molecule has 0 fully saturated rings. The minimum atomic E-state index is -0.483. The Morgan fingerprint density at radius 1 is 1.50 bits per heavy atom. The SMILES string of the molecule is Cc1ccc(C(O)Cc2nccs2)cc1Br. The zero-order valence-corrected chi connectivity index (χ0v) is 11.3. The van der Waals surface area contributed by atoms with Crippen molar-refractivity contribution in [2.75, 3.05) is 0 Å². The predicted molar refractivity (Wildman–Crippen MR) is 69.7 cm³/mol. The van der Waals surface area contributed by atoms with Gasteiger partial charge in [-0.25, -0.2) is 4.98 Å². The number of rotatable bonds is 3. The minimum absolute atomic E-state index is 0.483. The fourth-order valence-electron chi connectivity index (χ4n) is 1.45. The molecule has 0 aliphatic carbocycles. The number of benzene rings is 1. The number of hydrogen-bond donors (Lipinski definition) is 1. The van der Waals surface area contributed by atoms with E-state index in [0.29, 0.717) is 6.42 Å². The molecule has 1 aromatic carbocycles. The second kappa shape index (κ2) is 5.08. The van der Waals surface area contributed by atoms with Crippen LogP contribution in [0.1, 0.15) is 22.2 Å². The van der Waals surface area contributed by atoms with Gasteiger partial charge in [-0.05, 0) is 24.1 Å². The summed E-state index contributed by atoms with van der Waals surface area (Å²) in [6, 6.07) is 5.93. The topological polar surface area (TPSA) is 33.1 Å². The van der Waals surface area contributed by atoms with Crippen LogP contribution in [0.15, 0.2) is 34.2 Å². The number of hydrogen-bond acceptors (Lipinski definition) is 3. The Balaban J connectivity index is 2.14. The van der Waals surface area contributed by atoms with Gasteiger partial charge in [0.15, 0.2) is 0 Å². The highest BCUT2D eigenvalue weighted by molar-refractivity contribution is 9.10. The lowest BCUT2D eigenvalue weighted by Gasteiger charge is -2.10. The molecule has 16 heavy (non-hydrogen) atoms. The number of thiazole rings is 1. The van der Waals surface area contributed by atoms with Crippen molar-refractivity contribution in [3.8, 4) is 0 Å². The van der Waals surface area contributed by atoms with Crippen molar-refractivity contribution in [1.29, 1.82) is 0 Å². The lowest BCUT2D eigenvalue weighted by molar-refractivity contribution is 0.178. The molecule has 4 heteroatoms. The number of aromatic nitrogens is 1. The zero-order valence-electron chi connectivity index (χ0n) is 8.85. The lowest BCUT2D eigenvalue weighted by atomic mass is 10.1. The zero-order chi connectivity index (χ0) is 11.5. The Labute approximate surface area is 107 Å². The van der Waals surface area contributed by atoms with Gasteiger partial charge < -0.3 is 5.11 Å². The van der Waals surface area contributed by atoms with E-state index in [0.717, 1.165) is 15.0 Å². The monoisotopic (exact) mass is 297 g/mol. The van der Waals surface area contributed by atoms with E-state index in [4.69, 9.17) is 0 Å². The molecule has 0 aliphatic rings. The van der Waals surface area contributed by atoms with Crippen molar-refractivity contribution >= 4 is 27.3 Å². The van der Waals surface area contributed by atoms with Crippen LogP contribution in [0.3, 0.4) is 0 Å². The van der Waals surface area contributed by atoms with Crippen LogP contribution >= 0.6 is 27.3 Å². The third-order valence-electron chi connectivity index (χ3n) is 2.43. The smallest absolute Gasteiger partial charge is 0.0954 e. The maximum Gasteiger partial charge on any atom is 0.0954 e. The lowest BCUT2D eigenvalue weighted by Crippen LogP contribution is -2.01. The maximum atomic E-state index is 10.1. The van der Waals surface area contributed by atoms with E-state index in [1.807, 2.05) is 30.5 Å². The van der Waals surface area contributed by atoms with E-state index in [-0.39, 0.29) is 0 Å². The summed E-state index contributed by atoms with van der Waals surface area (Å²) in [5.41, 5.74) is 2.10. The van der Waals surface area contributed by atoms with Crippen molar-refractivity contribution in [2.45, 2.75) is 19.4 Å². The molecule has 1 N–H and O–H groups in total. The number of nitrogens with zero attached hydrogens (tertiary/aromatic N) is 1. The quantitative estimate of drug-likeness (QED) is 0.941. The largest absolute Gasteiger partial charge is 0.388 e. The van der Waals surface area contributed by atoms with Gasteiger partial charge in [0.2, 0.25) is 0 Å². The predicted octanol–water partition coefficient (Wildman–Crippen LogP) is 3.49. The molecule has 0 bridgehead atoms. The first-order valence-electron chi connectivity index (χ1n) is 4.99. The molecule has 2 nitrogen and oxygen atoms in total. The normalized spacial score (nSPS) is 12.7. The fraction of sp³-hybridized carbons (Fsp3) is 0.250. The fourth-order valence-corrected chi connectivity index (χ4v) is 2.50. The molecular weight excluding hydrogens is 286 g/mol. The van der Waals surface area contributed by atoms with E-state index >= 15 is 0 Å². The molecule has 0 radical (unpaired) electrons. The van der Waals surface area contributed by atoms with Gasteiger partial charge in [0, 0.05) is 22.5 Å². The second-order valence-electron chi connectivity index (χ2n) is 3.65. The minimum Gasteiger partial charge on any atom is -0.388 e. The number of halogens is 1. The average Bonchev–Trinajstić information content (AvgIpc) is 2.74. The van der Waals surface area contributed by atoms with Gasteiger partial charge in [0.1, 0.15) is 0 Å². The molecule has 0 amide bonds. The van der Waals surface area contributed by atoms with Crippen LogP contribution in [0.5, 0.6) is 0 Å². The van der Waals surface area contributed by atoms with Gasteiger partial charge in [-0.15, -0.1) is 11.3 Å². The first kappa shape index (κ1) is 11.8. The van der Waals surface area contributed by atoms with Crippen LogP contribution in [0.4, 0.5) is 0 Å². The summed E-state index contributed by atoms with van der Waals surface area (Å²) < 4.78 is 1.03. The number of aliphatic hydroxyl groups is 1.